The summed E-state index contributed by atoms with van der Waals surface area (Å²) in [7, 11) is 0. The van der Waals surface area contributed by atoms with Gasteiger partial charge in [0.1, 0.15) is 65.9 Å². The van der Waals surface area contributed by atoms with Gasteiger partial charge in [0, 0.05) is 17.7 Å². The predicted molar refractivity (Wildman–Crippen MR) is 107 cm³/mol. The van der Waals surface area contributed by atoms with Gasteiger partial charge in [-0.1, -0.05) is 6.08 Å². The van der Waals surface area contributed by atoms with Gasteiger partial charge in [-0.3, -0.25) is 4.79 Å². The number of aliphatic hydroxyl groups is 5. The fourth-order valence-corrected chi connectivity index (χ4v) is 3.76. The van der Waals surface area contributed by atoms with Crippen LogP contribution in [0.4, 0.5) is 0 Å². The minimum Gasteiger partial charge on any atom is -0.507 e. The first-order chi connectivity index (χ1) is 15.3. The third kappa shape index (κ3) is 4.11. The Kier molecular flexibility index (Phi) is 6.49. The van der Waals surface area contributed by atoms with Crippen molar-refractivity contribution in [2.45, 2.75) is 43.7 Å². The lowest BCUT2D eigenvalue weighted by Crippen LogP contribution is -2.59. The second-order valence-electron chi connectivity index (χ2n) is 7.68. The maximum absolute atomic E-state index is 12.3. The molecular formula is C21H24O11. The Morgan fingerprint density at radius 3 is 2.59 bits per heavy atom. The quantitative estimate of drug-likeness (QED) is 0.296. The topological polar surface area (TPSA) is 179 Å². The first-order valence-corrected chi connectivity index (χ1v) is 9.99. The molecule has 0 unspecified atom stereocenters. The number of fused-ring (bicyclic) bond motifs is 3. The highest BCUT2D eigenvalue weighted by atomic mass is 16.7. The maximum atomic E-state index is 12.3. The standard InChI is InChI=1S/C21H24O11/c22-5-10-3-12(24)16-13(25)4-14-11(20(16)31-10)2-1-9(7-29-14)8-30-21-19(28)18(27)17(26)15(6-23)32-21/h1,3-4,15,17-19,21-23,25-28H,2,5-8H2/t15-,17+,18+,19+,21-/m0/s1. The number of hydrogen-bond acceptors (Lipinski definition) is 11. The number of phenols is 1. The lowest BCUT2D eigenvalue weighted by Gasteiger charge is -2.39. The van der Waals surface area contributed by atoms with Crippen molar-refractivity contribution >= 4 is 11.0 Å². The summed E-state index contributed by atoms with van der Waals surface area (Å²) in [5, 5.41) is 58.7. The Morgan fingerprint density at radius 2 is 1.88 bits per heavy atom. The van der Waals surface area contributed by atoms with Crippen LogP contribution in [0.5, 0.6) is 11.5 Å². The third-order valence-corrected chi connectivity index (χ3v) is 5.54. The minimum absolute atomic E-state index is 0.0148. The highest BCUT2D eigenvalue weighted by Gasteiger charge is 2.44. The van der Waals surface area contributed by atoms with E-state index >= 15 is 0 Å². The number of aliphatic hydroxyl groups excluding tert-OH is 5. The van der Waals surface area contributed by atoms with Crippen molar-refractivity contribution in [3.8, 4) is 11.5 Å². The highest BCUT2D eigenvalue weighted by molar-refractivity contribution is 5.88. The molecule has 11 nitrogen and oxygen atoms in total. The molecule has 0 radical (unpaired) electrons. The van der Waals surface area contributed by atoms with Gasteiger partial charge in [-0.25, -0.2) is 0 Å². The number of ether oxygens (including phenoxy) is 3. The van der Waals surface area contributed by atoms with Crippen molar-refractivity contribution in [1.82, 2.24) is 0 Å². The molecule has 3 heterocycles. The van der Waals surface area contributed by atoms with Crippen molar-refractivity contribution in [3.63, 3.8) is 0 Å². The summed E-state index contributed by atoms with van der Waals surface area (Å²) < 4.78 is 22.2. The zero-order valence-electron chi connectivity index (χ0n) is 16.9. The number of aromatic hydroxyl groups is 1. The molecule has 2 aliphatic heterocycles. The normalized spacial score (nSPS) is 28.0. The average molecular weight is 452 g/mol. The summed E-state index contributed by atoms with van der Waals surface area (Å²) in [6.45, 7) is -1.06. The Hall–Kier alpha value is -2.51. The Balaban J connectivity index is 1.54. The molecule has 1 saturated heterocycles. The third-order valence-electron chi connectivity index (χ3n) is 5.54. The minimum atomic E-state index is -1.55. The van der Waals surface area contributed by atoms with E-state index < -0.39 is 49.3 Å². The zero-order chi connectivity index (χ0) is 23.0. The summed E-state index contributed by atoms with van der Waals surface area (Å²) in [5.74, 6) is 0.0417. The van der Waals surface area contributed by atoms with E-state index in [1.54, 1.807) is 6.08 Å². The summed E-state index contributed by atoms with van der Waals surface area (Å²) in [5.41, 5.74) is 0.762. The SMILES string of the molecule is O=c1cc(CO)oc2c3c(cc(O)c12)OCC(CO[C@H]1O[C@@H](CO)[C@@H](O)[C@@H](O)[C@H]1O)=CC3. The van der Waals surface area contributed by atoms with Crippen LogP contribution < -0.4 is 10.2 Å². The van der Waals surface area contributed by atoms with Gasteiger partial charge in [-0.05, 0) is 12.0 Å². The van der Waals surface area contributed by atoms with Crippen LogP contribution in [0.1, 0.15) is 11.3 Å². The molecule has 0 bridgehead atoms. The van der Waals surface area contributed by atoms with E-state index in [0.717, 1.165) is 6.07 Å². The van der Waals surface area contributed by atoms with E-state index in [1.807, 2.05) is 0 Å². The lowest BCUT2D eigenvalue weighted by molar-refractivity contribution is -0.299. The van der Waals surface area contributed by atoms with Gasteiger partial charge in [-0.15, -0.1) is 0 Å². The molecule has 2 aliphatic rings. The second kappa shape index (κ2) is 9.16. The number of allylic oxidation sites excluding steroid dienone is 1. The molecule has 4 rings (SSSR count). The van der Waals surface area contributed by atoms with Crippen LogP contribution in [0, 0.1) is 0 Å². The van der Waals surface area contributed by atoms with E-state index in [9.17, 15) is 35.4 Å². The molecule has 6 N–H and O–H groups in total. The molecule has 11 heteroatoms. The number of hydrogen-bond donors (Lipinski definition) is 6. The molecule has 1 fully saturated rings. The van der Waals surface area contributed by atoms with Crippen molar-refractivity contribution in [2.24, 2.45) is 0 Å². The van der Waals surface area contributed by atoms with Crippen LogP contribution in [0.15, 0.2) is 33.0 Å². The molecule has 0 saturated carbocycles. The molecular weight excluding hydrogens is 428 g/mol. The number of phenolic OH excluding ortho intramolecular Hbond substituents is 1. The van der Waals surface area contributed by atoms with Gasteiger partial charge >= 0.3 is 0 Å². The van der Waals surface area contributed by atoms with Crippen molar-refractivity contribution in [3.05, 3.63) is 45.3 Å². The van der Waals surface area contributed by atoms with E-state index in [2.05, 4.69) is 0 Å². The largest absolute Gasteiger partial charge is 0.507 e. The summed E-state index contributed by atoms with van der Waals surface area (Å²) in [6, 6.07) is 2.43. The lowest BCUT2D eigenvalue weighted by atomic mass is 9.99. The average Bonchev–Trinajstić information content (AvgIpc) is 2.99. The van der Waals surface area contributed by atoms with Crippen LogP contribution in [-0.4, -0.2) is 81.2 Å². The molecule has 0 spiro atoms. The van der Waals surface area contributed by atoms with Gasteiger partial charge in [-0.2, -0.15) is 0 Å². The molecule has 2 aromatic rings. The second-order valence-corrected chi connectivity index (χ2v) is 7.68. The zero-order valence-corrected chi connectivity index (χ0v) is 16.9. The fourth-order valence-electron chi connectivity index (χ4n) is 3.76. The van der Waals surface area contributed by atoms with E-state index in [1.165, 1.54) is 6.07 Å². The van der Waals surface area contributed by atoms with E-state index in [0.29, 0.717) is 16.9 Å². The molecule has 174 valence electrons. The van der Waals surface area contributed by atoms with Gasteiger partial charge in [0.2, 0.25) is 0 Å². The van der Waals surface area contributed by atoms with Crippen LogP contribution in [0.2, 0.25) is 0 Å². The molecule has 0 aliphatic carbocycles. The first kappa shape index (κ1) is 22.7. The summed E-state index contributed by atoms with van der Waals surface area (Å²) in [4.78, 5) is 12.3. The summed E-state index contributed by atoms with van der Waals surface area (Å²) >= 11 is 0. The summed E-state index contributed by atoms with van der Waals surface area (Å²) in [6.07, 6.45) is -4.90. The van der Waals surface area contributed by atoms with Crippen LogP contribution in [0.3, 0.4) is 0 Å². The predicted octanol–water partition coefficient (Wildman–Crippen LogP) is -1.33. The van der Waals surface area contributed by atoms with Gasteiger partial charge in [0.15, 0.2) is 11.7 Å². The van der Waals surface area contributed by atoms with Crippen LogP contribution in [-0.2, 0) is 22.5 Å². The number of benzene rings is 1. The molecule has 0 amide bonds. The van der Waals surface area contributed by atoms with Crippen molar-refractivity contribution in [1.29, 1.82) is 0 Å². The first-order valence-electron chi connectivity index (χ1n) is 9.99. The van der Waals surface area contributed by atoms with E-state index in [4.69, 9.17) is 18.6 Å². The Labute approximate surface area is 181 Å². The highest BCUT2D eigenvalue weighted by Crippen LogP contribution is 2.36. The monoisotopic (exact) mass is 452 g/mol. The smallest absolute Gasteiger partial charge is 0.196 e. The van der Waals surface area contributed by atoms with Crippen molar-refractivity contribution in [2.75, 3.05) is 19.8 Å². The van der Waals surface area contributed by atoms with E-state index in [-0.39, 0.29) is 42.1 Å². The van der Waals surface area contributed by atoms with Crippen LogP contribution >= 0.6 is 0 Å². The molecule has 32 heavy (non-hydrogen) atoms. The Bertz CT molecular complexity index is 1070. The maximum Gasteiger partial charge on any atom is 0.196 e. The molecule has 1 aromatic carbocycles. The van der Waals surface area contributed by atoms with Gasteiger partial charge < -0.3 is 49.3 Å². The molecule has 5 atom stereocenters. The Morgan fingerprint density at radius 1 is 1.09 bits per heavy atom. The van der Waals surface area contributed by atoms with Crippen molar-refractivity contribution < 1.29 is 49.3 Å². The molecule has 1 aromatic heterocycles. The van der Waals surface area contributed by atoms with Gasteiger partial charge in [0.25, 0.3) is 0 Å². The van der Waals surface area contributed by atoms with Crippen LogP contribution in [0.25, 0.3) is 11.0 Å². The fraction of sp³-hybridized carbons (Fsp3) is 0.476. The van der Waals surface area contributed by atoms with Gasteiger partial charge in [0.05, 0.1) is 13.2 Å². The number of rotatable bonds is 5.